The summed E-state index contributed by atoms with van der Waals surface area (Å²) in [6.45, 7) is 0. The zero-order valence-electron chi connectivity index (χ0n) is 11.5. The van der Waals surface area contributed by atoms with Crippen molar-refractivity contribution in [3.63, 3.8) is 0 Å². The summed E-state index contributed by atoms with van der Waals surface area (Å²) in [4.78, 5) is 25.5. The summed E-state index contributed by atoms with van der Waals surface area (Å²) in [5.41, 5.74) is -0.277. The predicted molar refractivity (Wildman–Crippen MR) is 78.7 cm³/mol. The first-order valence-electron chi connectivity index (χ1n) is 6.54. The van der Waals surface area contributed by atoms with Crippen LogP contribution < -0.4 is 5.32 Å². The Balaban J connectivity index is 2.27. The van der Waals surface area contributed by atoms with Gasteiger partial charge in [-0.15, -0.1) is 0 Å². The molecule has 0 bridgehead atoms. The van der Waals surface area contributed by atoms with Crippen molar-refractivity contribution >= 4 is 23.0 Å². The van der Waals surface area contributed by atoms with Crippen LogP contribution in [-0.2, 0) is 4.79 Å². The normalized spacial score (nSPS) is 16.9. The van der Waals surface area contributed by atoms with Gasteiger partial charge in [-0.25, -0.2) is 13.8 Å². The van der Waals surface area contributed by atoms with Crippen molar-refractivity contribution in [2.75, 3.05) is 5.32 Å². The van der Waals surface area contributed by atoms with Crippen LogP contribution in [-0.4, -0.2) is 22.8 Å². The number of nitro groups is 1. The van der Waals surface area contributed by atoms with E-state index < -0.39 is 22.9 Å². The fraction of sp³-hybridized carbons (Fsp3) is 0.0667. The van der Waals surface area contributed by atoms with E-state index in [0.29, 0.717) is 0 Å². The van der Waals surface area contributed by atoms with Gasteiger partial charge in [0, 0.05) is 23.3 Å². The minimum Gasteiger partial charge on any atom is -0.321 e. The number of nitrogens with zero attached hydrogens (tertiary/aromatic N) is 2. The first-order valence-corrected chi connectivity index (χ1v) is 6.54. The van der Waals surface area contributed by atoms with E-state index in [4.69, 9.17) is 0 Å². The van der Waals surface area contributed by atoms with Crippen molar-refractivity contribution in [1.82, 2.24) is 0 Å². The van der Waals surface area contributed by atoms with Crippen molar-refractivity contribution in [2.24, 2.45) is 4.99 Å². The number of carbonyl (C=O) groups is 1. The molecule has 0 saturated carbocycles. The number of alkyl halides is 1. The average Bonchev–Trinajstić information content (AvgIpc) is 2.64. The third-order valence-electron chi connectivity index (χ3n) is 3.31. The highest BCUT2D eigenvalue weighted by Crippen LogP contribution is 2.29. The van der Waals surface area contributed by atoms with Gasteiger partial charge in [0.25, 0.3) is 17.9 Å². The number of fused-ring (bicyclic) bond motifs is 1. The summed E-state index contributed by atoms with van der Waals surface area (Å²) in [6, 6.07) is 9.03. The zero-order valence-corrected chi connectivity index (χ0v) is 11.5. The minimum absolute atomic E-state index is 0.0478. The fourth-order valence-electron chi connectivity index (χ4n) is 2.25. The van der Waals surface area contributed by atoms with E-state index >= 15 is 0 Å². The summed E-state index contributed by atoms with van der Waals surface area (Å²) in [7, 11) is 0. The number of rotatable bonds is 2. The lowest BCUT2D eigenvalue weighted by atomic mass is 9.99. The van der Waals surface area contributed by atoms with Crippen LogP contribution in [0, 0.1) is 15.9 Å². The summed E-state index contributed by atoms with van der Waals surface area (Å²) in [5.74, 6) is -1.70. The Bertz CT molecular complexity index is 852. The molecule has 1 unspecified atom stereocenters. The number of non-ortho nitro benzene ring substituents is 1. The highest BCUT2D eigenvalue weighted by molar-refractivity contribution is 6.19. The van der Waals surface area contributed by atoms with Gasteiger partial charge in [-0.05, 0) is 18.2 Å². The maximum Gasteiger partial charge on any atom is 0.281 e. The maximum atomic E-state index is 14.0. The molecule has 3 rings (SSSR count). The predicted octanol–water partition coefficient (Wildman–Crippen LogP) is 2.82. The second kappa shape index (κ2) is 5.56. The summed E-state index contributed by atoms with van der Waals surface area (Å²) < 4.78 is 27.9. The van der Waals surface area contributed by atoms with E-state index in [1.54, 1.807) is 0 Å². The minimum atomic E-state index is -2.24. The molecule has 2 aromatic carbocycles. The molecule has 0 aliphatic carbocycles. The zero-order chi connectivity index (χ0) is 16.6. The molecule has 0 radical (unpaired) electrons. The SMILES string of the molecule is O=C1Nc2ccc([N+](=O)[O-])cc2C(c2ccccc2F)=NC1F. The summed E-state index contributed by atoms with van der Waals surface area (Å²) in [6.07, 6.45) is -2.24. The number of nitrogens with one attached hydrogen (secondary N) is 1. The van der Waals surface area contributed by atoms with Gasteiger partial charge in [0.2, 0.25) is 0 Å². The van der Waals surface area contributed by atoms with E-state index in [1.165, 1.54) is 24.3 Å². The number of anilines is 1. The molecule has 1 aliphatic heterocycles. The van der Waals surface area contributed by atoms with E-state index in [0.717, 1.165) is 18.2 Å². The Morgan fingerprint density at radius 2 is 1.91 bits per heavy atom. The van der Waals surface area contributed by atoms with Crippen LogP contribution in [0.25, 0.3) is 0 Å². The second-order valence-electron chi connectivity index (χ2n) is 4.77. The van der Waals surface area contributed by atoms with Gasteiger partial charge in [-0.3, -0.25) is 14.9 Å². The first-order chi connectivity index (χ1) is 11.0. The Kier molecular flexibility index (Phi) is 3.57. The van der Waals surface area contributed by atoms with Crippen LogP contribution in [0.2, 0.25) is 0 Å². The number of halogens is 2. The van der Waals surface area contributed by atoms with Gasteiger partial charge in [0.1, 0.15) is 5.82 Å². The molecular weight excluding hydrogens is 308 g/mol. The highest BCUT2D eigenvalue weighted by atomic mass is 19.1. The number of benzodiazepines with no additional fused rings is 1. The van der Waals surface area contributed by atoms with Gasteiger partial charge in [0.15, 0.2) is 0 Å². The van der Waals surface area contributed by atoms with Gasteiger partial charge in [-0.2, -0.15) is 0 Å². The quantitative estimate of drug-likeness (QED) is 0.525. The van der Waals surface area contributed by atoms with Crippen molar-refractivity contribution in [3.8, 4) is 0 Å². The lowest BCUT2D eigenvalue weighted by Gasteiger charge is -2.10. The lowest BCUT2D eigenvalue weighted by molar-refractivity contribution is -0.384. The number of hydrogen-bond donors (Lipinski definition) is 1. The number of carbonyl (C=O) groups excluding carboxylic acids is 1. The maximum absolute atomic E-state index is 14.0. The van der Waals surface area contributed by atoms with Crippen LogP contribution >= 0.6 is 0 Å². The smallest absolute Gasteiger partial charge is 0.281 e. The molecular formula is C15H9F2N3O3. The highest BCUT2D eigenvalue weighted by Gasteiger charge is 2.27. The van der Waals surface area contributed by atoms with Crippen molar-refractivity contribution < 1.29 is 18.5 Å². The Hall–Kier alpha value is -3.16. The van der Waals surface area contributed by atoms with Crippen molar-refractivity contribution in [1.29, 1.82) is 0 Å². The van der Waals surface area contributed by atoms with Gasteiger partial charge in [0.05, 0.1) is 16.3 Å². The Labute approximate surface area is 128 Å². The molecule has 0 spiro atoms. The van der Waals surface area contributed by atoms with E-state index in [2.05, 4.69) is 10.3 Å². The van der Waals surface area contributed by atoms with Crippen molar-refractivity contribution in [3.05, 3.63) is 69.5 Å². The molecule has 0 saturated heterocycles. The molecule has 1 heterocycles. The number of nitro benzene ring substituents is 1. The average molecular weight is 317 g/mol. The van der Waals surface area contributed by atoms with Gasteiger partial charge in [-0.1, -0.05) is 12.1 Å². The Morgan fingerprint density at radius 1 is 1.17 bits per heavy atom. The molecule has 1 atom stereocenters. The molecule has 0 aromatic heterocycles. The monoisotopic (exact) mass is 317 g/mol. The van der Waals surface area contributed by atoms with Crippen LogP contribution in [0.5, 0.6) is 0 Å². The molecule has 116 valence electrons. The van der Waals surface area contributed by atoms with Crippen LogP contribution in [0.15, 0.2) is 47.5 Å². The number of benzene rings is 2. The standard InChI is InChI=1S/C15H9F2N3O3/c16-11-4-2-1-3-9(11)13-10-7-8(20(22)23)5-6-12(10)18-15(21)14(17)19-13/h1-7,14H,(H,18,21). The van der Waals surface area contributed by atoms with E-state index in [-0.39, 0.29) is 28.2 Å². The lowest BCUT2D eigenvalue weighted by Crippen LogP contribution is -2.21. The molecule has 23 heavy (non-hydrogen) atoms. The van der Waals surface area contributed by atoms with Crippen LogP contribution in [0.1, 0.15) is 11.1 Å². The van der Waals surface area contributed by atoms with Gasteiger partial charge < -0.3 is 5.32 Å². The number of hydrogen-bond acceptors (Lipinski definition) is 4. The molecule has 2 aromatic rings. The summed E-state index contributed by atoms with van der Waals surface area (Å²) >= 11 is 0. The number of aliphatic imine (C=N–C) groups is 1. The molecule has 0 fully saturated rings. The molecule has 8 heteroatoms. The van der Waals surface area contributed by atoms with E-state index in [9.17, 15) is 23.7 Å². The molecule has 1 aliphatic rings. The van der Waals surface area contributed by atoms with Crippen LogP contribution in [0.3, 0.4) is 0 Å². The van der Waals surface area contributed by atoms with Gasteiger partial charge >= 0.3 is 0 Å². The molecule has 6 nitrogen and oxygen atoms in total. The fourth-order valence-corrected chi connectivity index (χ4v) is 2.25. The third kappa shape index (κ3) is 2.66. The van der Waals surface area contributed by atoms with E-state index in [1.807, 2.05) is 0 Å². The first kappa shape index (κ1) is 14.8. The second-order valence-corrected chi connectivity index (χ2v) is 4.77. The van der Waals surface area contributed by atoms with Crippen molar-refractivity contribution in [2.45, 2.75) is 6.30 Å². The molecule has 1 N–H and O–H groups in total. The largest absolute Gasteiger partial charge is 0.321 e. The Morgan fingerprint density at radius 3 is 2.61 bits per heavy atom. The topological polar surface area (TPSA) is 84.6 Å². The third-order valence-corrected chi connectivity index (χ3v) is 3.31. The molecule has 1 amide bonds. The number of amides is 1. The summed E-state index contributed by atoms with van der Waals surface area (Å²) in [5, 5.41) is 13.2. The van der Waals surface area contributed by atoms with Crippen LogP contribution in [0.4, 0.5) is 20.2 Å².